The first-order valence-electron chi connectivity index (χ1n) is 7.73. The average molecular weight is 368 g/mol. The second kappa shape index (κ2) is 8.46. The van der Waals surface area contributed by atoms with Crippen LogP contribution in [0.1, 0.15) is 21.5 Å². The molecule has 0 aliphatic carbocycles. The third kappa shape index (κ3) is 5.58. The lowest BCUT2D eigenvalue weighted by molar-refractivity contribution is -0.137. The number of nitrogens with one attached hydrogen (secondary N) is 2. The van der Waals surface area contributed by atoms with Gasteiger partial charge in [0, 0.05) is 18.7 Å². The van der Waals surface area contributed by atoms with E-state index in [2.05, 4.69) is 10.6 Å². The van der Waals surface area contributed by atoms with Crippen LogP contribution in [0.4, 0.5) is 17.6 Å². The number of hydrogen-bond donors (Lipinski definition) is 2. The standard InChI is InChI=1S/C18H16F4N2O2/c19-15-4-2-1-3-13(15)11-16(25)23-9-10-24-17(26)12-5-7-14(8-6-12)18(20,21)22/h1-8H,9-11H2,(H,23,25)(H,24,26). The lowest BCUT2D eigenvalue weighted by Gasteiger charge is -2.09. The number of benzene rings is 2. The summed E-state index contributed by atoms with van der Waals surface area (Å²) >= 11 is 0. The predicted molar refractivity (Wildman–Crippen MR) is 86.9 cm³/mol. The van der Waals surface area contributed by atoms with Crippen LogP contribution in [0.5, 0.6) is 0 Å². The van der Waals surface area contributed by atoms with Crippen LogP contribution in [0, 0.1) is 5.82 Å². The number of halogens is 4. The smallest absolute Gasteiger partial charge is 0.354 e. The topological polar surface area (TPSA) is 58.2 Å². The Hall–Kier alpha value is -2.90. The largest absolute Gasteiger partial charge is 0.416 e. The molecule has 138 valence electrons. The molecule has 26 heavy (non-hydrogen) atoms. The highest BCUT2D eigenvalue weighted by atomic mass is 19.4. The molecule has 0 unspecified atom stereocenters. The minimum absolute atomic E-state index is 0.0793. The molecule has 4 nitrogen and oxygen atoms in total. The molecule has 0 saturated carbocycles. The van der Waals surface area contributed by atoms with Crippen LogP contribution in [0.3, 0.4) is 0 Å². The summed E-state index contributed by atoms with van der Waals surface area (Å²) in [5.41, 5.74) is -0.496. The lowest BCUT2D eigenvalue weighted by Crippen LogP contribution is -2.35. The van der Waals surface area contributed by atoms with Gasteiger partial charge >= 0.3 is 6.18 Å². The third-order valence-electron chi connectivity index (χ3n) is 3.52. The molecule has 0 aliphatic rings. The van der Waals surface area contributed by atoms with E-state index in [4.69, 9.17) is 0 Å². The lowest BCUT2D eigenvalue weighted by atomic mass is 10.1. The van der Waals surface area contributed by atoms with Gasteiger partial charge in [0.25, 0.3) is 5.91 Å². The summed E-state index contributed by atoms with van der Waals surface area (Å²) in [6.07, 6.45) is -4.59. The van der Waals surface area contributed by atoms with Crippen molar-refractivity contribution < 1.29 is 27.2 Å². The van der Waals surface area contributed by atoms with Crippen molar-refractivity contribution in [1.82, 2.24) is 10.6 Å². The minimum atomic E-state index is -4.46. The molecule has 0 aromatic heterocycles. The molecule has 2 aromatic carbocycles. The van der Waals surface area contributed by atoms with Gasteiger partial charge in [-0.05, 0) is 35.9 Å². The molecular formula is C18H16F4N2O2. The summed E-state index contributed by atoms with van der Waals surface area (Å²) < 4.78 is 50.8. The molecule has 0 fully saturated rings. The zero-order valence-corrected chi connectivity index (χ0v) is 13.6. The molecule has 2 amide bonds. The Morgan fingerprint density at radius 3 is 2.12 bits per heavy atom. The molecule has 2 rings (SSSR count). The summed E-state index contributed by atoms with van der Waals surface area (Å²) in [5, 5.41) is 5.00. The maximum Gasteiger partial charge on any atom is 0.416 e. The normalized spacial score (nSPS) is 11.1. The molecule has 2 aromatic rings. The van der Waals surface area contributed by atoms with Gasteiger partial charge in [-0.15, -0.1) is 0 Å². The Bertz CT molecular complexity index is 774. The first kappa shape index (κ1) is 19.4. The molecule has 0 radical (unpaired) electrons. The molecule has 0 spiro atoms. The van der Waals surface area contributed by atoms with Gasteiger partial charge in [0.15, 0.2) is 0 Å². The highest BCUT2D eigenvalue weighted by molar-refractivity contribution is 5.94. The minimum Gasteiger partial charge on any atom is -0.354 e. The second-order valence-electron chi connectivity index (χ2n) is 5.45. The van der Waals surface area contributed by atoms with Gasteiger partial charge in [-0.2, -0.15) is 13.2 Å². The van der Waals surface area contributed by atoms with Gasteiger partial charge in [0.05, 0.1) is 12.0 Å². The third-order valence-corrected chi connectivity index (χ3v) is 3.52. The van der Waals surface area contributed by atoms with Crippen LogP contribution in [-0.4, -0.2) is 24.9 Å². The van der Waals surface area contributed by atoms with E-state index in [9.17, 15) is 27.2 Å². The fraction of sp³-hybridized carbons (Fsp3) is 0.222. The number of alkyl halides is 3. The van der Waals surface area contributed by atoms with Crippen molar-refractivity contribution in [2.75, 3.05) is 13.1 Å². The van der Waals surface area contributed by atoms with Crippen molar-refractivity contribution in [2.24, 2.45) is 0 Å². The summed E-state index contributed by atoms with van der Waals surface area (Å²) in [4.78, 5) is 23.5. The number of rotatable bonds is 6. The molecule has 8 heteroatoms. The van der Waals surface area contributed by atoms with Crippen LogP contribution >= 0.6 is 0 Å². The number of carbonyl (C=O) groups is 2. The van der Waals surface area contributed by atoms with Crippen LogP contribution in [0.15, 0.2) is 48.5 Å². The summed E-state index contributed by atoms with van der Waals surface area (Å²) in [6.45, 7) is 0.197. The predicted octanol–water partition coefficient (Wildman–Crippen LogP) is 2.93. The molecule has 0 saturated heterocycles. The van der Waals surface area contributed by atoms with E-state index in [1.165, 1.54) is 18.2 Å². The van der Waals surface area contributed by atoms with Crippen LogP contribution in [0.2, 0.25) is 0 Å². The van der Waals surface area contributed by atoms with Gasteiger partial charge in [-0.25, -0.2) is 4.39 Å². The SMILES string of the molecule is O=C(Cc1ccccc1F)NCCNC(=O)c1ccc(C(F)(F)F)cc1. The molecule has 0 heterocycles. The molecular weight excluding hydrogens is 352 g/mol. The Labute approximate surface area is 147 Å². The van der Waals surface area contributed by atoms with E-state index in [0.717, 1.165) is 24.3 Å². The number of amides is 2. The fourth-order valence-electron chi connectivity index (χ4n) is 2.17. The summed E-state index contributed by atoms with van der Waals surface area (Å²) in [5.74, 6) is -1.43. The highest BCUT2D eigenvalue weighted by Crippen LogP contribution is 2.29. The number of hydrogen-bond acceptors (Lipinski definition) is 2. The monoisotopic (exact) mass is 368 g/mol. The maximum absolute atomic E-state index is 13.4. The van der Waals surface area contributed by atoms with E-state index in [-0.39, 0.29) is 30.6 Å². The fourth-order valence-corrected chi connectivity index (χ4v) is 2.17. The Morgan fingerprint density at radius 2 is 1.50 bits per heavy atom. The van der Waals surface area contributed by atoms with Gasteiger partial charge in [-0.3, -0.25) is 9.59 Å². The van der Waals surface area contributed by atoms with E-state index < -0.39 is 29.4 Å². The zero-order chi connectivity index (χ0) is 19.2. The second-order valence-corrected chi connectivity index (χ2v) is 5.45. The quantitative estimate of drug-likeness (QED) is 0.609. The molecule has 0 aliphatic heterocycles. The van der Waals surface area contributed by atoms with Crippen molar-refractivity contribution in [1.29, 1.82) is 0 Å². The van der Waals surface area contributed by atoms with E-state index in [0.29, 0.717) is 0 Å². The van der Waals surface area contributed by atoms with Crippen LogP contribution < -0.4 is 10.6 Å². The van der Waals surface area contributed by atoms with Crippen molar-refractivity contribution in [3.8, 4) is 0 Å². The summed E-state index contributed by atoms with van der Waals surface area (Å²) in [7, 11) is 0. The van der Waals surface area contributed by atoms with Crippen LogP contribution in [-0.2, 0) is 17.4 Å². The first-order valence-corrected chi connectivity index (χ1v) is 7.73. The number of carbonyl (C=O) groups excluding carboxylic acids is 2. The van der Waals surface area contributed by atoms with E-state index >= 15 is 0 Å². The Balaban J connectivity index is 1.74. The van der Waals surface area contributed by atoms with Crippen molar-refractivity contribution in [3.63, 3.8) is 0 Å². The Kier molecular flexibility index (Phi) is 6.32. The molecule has 0 bridgehead atoms. The summed E-state index contributed by atoms with van der Waals surface area (Å²) in [6, 6.07) is 9.71. The van der Waals surface area contributed by atoms with Crippen molar-refractivity contribution >= 4 is 11.8 Å². The van der Waals surface area contributed by atoms with Crippen LogP contribution in [0.25, 0.3) is 0 Å². The van der Waals surface area contributed by atoms with Gasteiger partial charge in [-0.1, -0.05) is 18.2 Å². The average Bonchev–Trinajstić information content (AvgIpc) is 2.60. The Morgan fingerprint density at radius 1 is 0.885 bits per heavy atom. The molecule has 0 atom stereocenters. The van der Waals surface area contributed by atoms with Gasteiger partial charge < -0.3 is 10.6 Å². The van der Waals surface area contributed by atoms with Crippen molar-refractivity contribution in [3.05, 3.63) is 71.0 Å². The van der Waals surface area contributed by atoms with Gasteiger partial charge in [0.2, 0.25) is 5.91 Å². The van der Waals surface area contributed by atoms with Gasteiger partial charge in [0.1, 0.15) is 5.82 Å². The highest BCUT2D eigenvalue weighted by Gasteiger charge is 2.30. The molecule has 2 N–H and O–H groups in total. The maximum atomic E-state index is 13.4. The first-order chi connectivity index (χ1) is 12.3. The zero-order valence-electron chi connectivity index (χ0n) is 13.6. The van der Waals surface area contributed by atoms with E-state index in [1.807, 2.05) is 0 Å². The van der Waals surface area contributed by atoms with E-state index in [1.54, 1.807) is 6.07 Å². The van der Waals surface area contributed by atoms with Crippen molar-refractivity contribution in [2.45, 2.75) is 12.6 Å².